The number of aliphatic hydroxyl groups is 4. The molecule has 2 aliphatic heterocycles. The SMILES string of the molecule is Nc1nc2c([nH]c(=O)n2[C@H]2C[C@H](O)[C@@H](CO)O2)c(=O)[nH]1.Nc1nc2c([nH]c(=O)n2[C@H]2C[C@H](O)[C@@H](CO)O2)c(=O)[nH]1. The molecule has 0 aromatic carbocycles. The number of aliphatic hydroxyl groups excluding tert-OH is 4. The number of hydrogen-bond acceptors (Lipinski definition) is 14. The number of hydrogen-bond donors (Lipinski definition) is 10. The van der Waals surface area contributed by atoms with Crippen LogP contribution in [-0.4, -0.2) is 97.1 Å². The Morgan fingerprint density at radius 1 is 0.725 bits per heavy atom. The van der Waals surface area contributed by atoms with Gasteiger partial charge < -0.3 is 41.4 Å². The van der Waals surface area contributed by atoms with Crippen LogP contribution in [0.3, 0.4) is 0 Å². The second-order valence-electron chi connectivity index (χ2n) is 9.13. The number of ether oxygens (including phenoxy) is 2. The predicted molar refractivity (Wildman–Crippen MR) is 134 cm³/mol. The molecule has 0 aliphatic carbocycles. The van der Waals surface area contributed by atoms with E-state index in [2.05, 4.69) is 29.9 Å². The molecule has 4 aromatic rings. The molecule has 20 nitrogen and oxygen atoms in total. The summed E-state index contributed by atoms with van der Waals surface area (Å²) in [5.41, 5.74) is 8.64. The molecule has 40 heavy (non-hydrogen) atoms. The summed E-state index contributed by atoms with van der Waals surface area (Å²) in [5, 5.41) is 37.5. The van der Waals surface area contributed by atoms with E-state index in [-0.39, 0.29) is 60.3 Å². The predicted octanol–water partition coefficient (Wildman–Crippen LogP) is -4.73. The zero-order chi connectivity index (χ0) is 28.9. The number of H-pyrrole nitrogens is 4. The lowest BCUT2D eigenvalue weighted by molar-refractivity contribution is -0.0441. The smallest absolute Gasteiger partial charge is 0.329 e. The third-order valence-corrected chi connectivity index (χ3v) is 6.54. The van der Waals surface area contributed by atoms with Crippen LogP contribution in [0.4, 0.5) is 11.9 Å². The first-order valence-corrected chi connectivity index (χ1v) is 11.9. The molecule has 0 spiro atoms. The van der Waals surface area contributed by atoms with Gasteiger partial charge in [-0.25, -0.2) is 18.7 Å². The summed E-state index contributed by atoms with van der Waals surface area (Å²) in [6.45, 7) is -0.740. The summed E-state index contributed by atoms with van der Waals surface area (Å²) in [6.07, 6.45) is -4.80. The van der Waals surface area contributed by atoms with E-state index in [4.69, 9.17) is 31.2 Å². The third-order valence-electron chi connectivity index (χ3n) is 6.54. The Morgan fingerprint density at radius 2 is 1.10 bits per heavy atom. The Labute approximate surface area is 219 Å². The molecule has 2 fully saturated rings. The van der Waals surface area contributed by atoms with Crippen molar-refractivity contribution in [2.24, 2.45) is 0 Å². The van der Waals surface area contributed by atoms with E-state index < -0.39 is 59.4 Å². The van der Waals surface area contributed by atoms with Crippen molar-refractivity contribution in [2.75, 3.05) is 24.7 Å². The quantitative estimate of drug-likeness (QED) is 0.111. The standard InChI is InChI=1S/2C10H13N5O5/c2*11-9-13-7-6(8(18)14-9)12-10(19)15(7)5-1-3(17)4(2-16)20-5/h2*3-5,16-17H,1-2H2,(H,12,19)(H3,11,13,14,18)/t2*3-,4+,5+/m00/s1. The lowest BCUT2D eigenvalue weighted by Crippen LogP contribution is -2.25. The van der Waals surface area contributed by atoms with Gasteiger partial charge in [-0.05, 0) is 0 Å². The van der Waals surface area contributed by atoms with Crippen molar-refractivity contribution in [3.8, 4) is 0 Å². The van der Waals surface area contributed by atoms with E-state index in [1.807, 2.05) is 0 Å². The Morgan fingerprint density at radius 3 is 1.43 bits per heavy atom. The van der Waals surface area contributed by atoms with Gasteiger partial charge in [-0.15, -0.1) is 0 Å². The molecule has 0 bridgehead atoms. The van der Waals surface area contributed by atoms with Crippen molar-refractivity contribution < 1.29 is 29.9 Å². The first kappa shape index (κ1) is 27.2. The molecule has 6 heterocycles. The van der Waals surface area contributed by atoms with Crippen LogP contribution < -0.4 is 34.0 Å². The molecule has 4 aromatic heterocycles. The van der Waals surface area contributed by atoms with Gasteiger partial charge in [0.05, 0.1) is 25.4 Å². The number of fused-ring (bicyclic) bond motifs is 2. The van der Waals surface area contributed by atoms with Gasteiger partial charge in [-0.2, -0.15) is 9.97 Å². The lowest BCUT2D eigenvalue weighted by atomic mass is 10.2. The van der Waals surface area contributed by atoms with E-state index in [1.165, 1.54) is 0 Å². The molecular weight excluding hydrogens is 540 g/mol. The van der Waals surface area contributed by atoms with Crippen LogP contribution in [0, 0.1) is 0 Å². The monoisotopic (exact) mass is 566 g/mol. The molecular formula is C20H26N10O10. The zero-order valence-corrected chi connectivity index (χ0v) is 20.5. The van der Waals surface area contributed by atoms with Crippen LogP contribution in [0.25, 0.3) is 22.3 Å². The number of nitrogens with one attached hydrogen (secondary N) is 4. The second-order valence-corrected chi connectivity index (χ2v) is 9.13. The number of anilines is 2. The van der Waals surface area contributed by atoms with Gasteiger partial charge in [-0.3, -0.25) is 29.5 Å². The molecule has 6 rings (SSSR count). The fraction of sp³-hybridized carbons (Fsp3) is 0.500. The van der Waals surface area contributed by atoms with E-state index in [1.54, 1.807) is 0 Å². The average molecular weight is 566 g/mol. The molecule has 0 saturated carbocycles. The van der Waals surface area contributed by atoms with Crippen LogP contribution in [0.15, 0.2) is 19.2 Å². The summed E-state index contributed by atoms with van der Waals surface area (Å²) in [6, 6.07) is 0. The Balaban J connectivity index is 0.000000161. The van der Waals surface area contributed by atoms with Crippen LogP contribution in [-0.2, 0) is 9.47 Å². The first-order chi connectivity index (χ1) is 19.0. The largest absolute Gasteiger partial charge is 0.394 e. The van der Waals surface area contributed by atoms with Crippen molar-refractivity contribution in [2.45, 2.75) is 49.7 Å². The van der Waals surface area contributed by atoms with Crippen molar-refractivity contribution in [1.29, 1.82) is 0 Å². The number of aromatic nitrogens is 8. The zero-order valence-electron chi connectivity index (χ0n) is 20.5. The summed E-state index contributed by atoms with van der Waals surface area (Å²) >= 11 is 0. The second kappa shape index (κ2) is 10.3. The van der Waals surface area contributed by atoms with Crippen molar-refractivity contribution >= 4 is 34.2 Å². The van der Waals surface area contributed by atoms with E-state index in [0.717, 1.165) is 9.13 Å². The molecule has 2 saturated heterocycles. The van der Waals surface area contributed by atoms with Crippen molar-refractivity contribution in [3.63, 3.8) is 0 Å². The van der Waals surface area contributed by atoms with Gasteiger partial charge in [-0.1, -0.05) is 0 Å². The maximum atomic E-state index is 11.9. The Bertz CT molecular complexity index is 1650. The fourth-order valence-corrected chi connectivity index (χ4v) is 4.67. The van der Waals surface area contributed by atoms with Gasteiger partial charge in [0.25, 0.3) is 11.1 Å². The average Bonchev–Trinajstić information content (AvgIpc) is 3.62. The first-order valence-electron chi connectivity index (χ1n) is 11.9. The van der Waals surface area contributed by atoms with Crippen LogP contribution in [0.5, 0.6) is 0 Å². The van der Waals surface area contributed by atoms with E-state index in [9.17, 15) is 29.4 Å². The van der Waals surface area contributed by atoms with E-state index in [0.29, 0.717) is 0 Å². The molecule has 216 valence electrons. The Hall–Kier alpha value is -4.34. The van der Waals surface area contributed by atoms with Gasteiger partial charge >= 0.3 is 11.4 Å². The highest BCUT2D eigenvalue weighted by atomic mass is 16.5. The highest BCUT2D eigenvalue weighted by molar-refractivity contribution is 5.71. The molecule has 0 radical (unpaired) electrons. The summed E-state index contributed by atoms with van der Waals surface area (Å²) in [4.78, 5) is 64.3. The van der Waals surface area contributed by atoms with Gasteiger partial charge in [0.15, 0.2) is 22.3 Å². The maximum Gasteiger partial charge on any atom is 0.329 e. The normalized spacial score (nSPS) is 26.4. The molecule has 0 amide bonds. The number of aromatic amines is 4. The molecule has 2 aliphatic rings. The van der Waals surface area contributed by atoms with Gasteiger partial charge in [0, 0.05) is 12.8 Å². The maximum absolute atomic E-state index is 11.9. The summed E-state index contributed by atoms with van der Waals surface area (Å²) in [7, 11) is 0. The minimum absolute atomic E-state index is 0.0188. The molecule has 0 unspecified atom stereocenters. The van der Waals surface area contributed by atoms with Crippen LogP contribution >= 0.6 is 0 Å². The van der Waals surface area contributed by atoms with Crippen LogP contribution in [0.2, 0.25) is 0 Å². The van der Waals surface area contributed by atoms with Gasteiger partial charge in [0.2, 0.25) is 11.9 Å². The highest BCUT2D eigenvalue weighted by Crippen LogP contribution is 2.30. The summed E-state index contributed by atoms with van der Waals surface area (Å²) in [5.74, 6) is -0.264. The molecule has 12 N–H and O–H groups in total. The lowest BCUT2D eigenvalue weighted by Gasteiger charge is -2.12. The fourth-order valence-electron chi connectivity index (χ4n) is 4.67. The number of nitrogens with zero attached hydrogens (tertiary/aromatic N) is 4. The minimum Gasteiger partial charge on any atom is -0.394 e. The topological polar surface area (TPSA) is 319 Å². The highest BCUT2D eigenvalue weighted by Gasteiger charge is 2.37. The van der Waals surface area contributed by atoms with Gasteiger partial charge in [0.1, 0.15) is 24.7 Å². The number of nitrogens with two attached hydrogens (primary N) is 2. The number of nitrogen functional groups attached to an aromatic ring is 2. The number of rotatable bonds is 4. The van der Waals surface area contributed by atoms with Crippen molar-refractivity contribution in [1.82, 2.24) is 39.0 Å². The minimum atomic E-state index is -0.902. The molecule has 6 atom stereocenters. The van der Waals surface area contributed by atoms with E-state index >= 15 is 0 Å². The van der Waals surface area contributed by atoms with Crippen LogP contribution in [0.1, 0.15) is 25.3 Å². The number of imidazole rings is 2. The van der Waals surface area contributed by atoms with Crippen molar-refractivity contribution in [3.05, 3.63) is 41.7 Å². The summed E-state index contributed by atoms with van der Waals surface area (Å²) < 4.78 is 13.0. The third kappa shape index (κ3) is 4.67. The Kier molecular flexibility index (Phi) is 7.03. The molecule has 20 heteroatoms.